The van der Waals surface area contributed by atoms with Crippen molar-refractivity contribution in [3.05, 3.63) is 36.7 Å². The molecule has 2 aromatic rings. The van der Waals surface area contributed by atoms with Crippen LogP contribution in [-0.2, 0) is 0 Å². The lowest BCUT2D eigenvalue weighted by Gasteiger charge is -1.99. The molecule has 0 unspecified atom stereocenters. The normalized spacial score (nSPS) is 9.87. The Labute approximate surface area is 85.2 Å². The Kier molecular flexibility index (Phi) is 2.32. The number of carbonyl (C=O) groups excluding carboxylic acids is 1. The summed E-state index contributed by atoms with van der Waals surface area (Å²) in [4.78, 5) is 26.5. The second kappa shape index (κ2) is 3.79. The zero-order valence-electron chi connectivity index (χ0n) is 7.66. The predicted octanol–water partition coefficient (Wildman–Crippen LogP) is 0.0325. The van der Waals surface area contributed by atoms with Crippen LogP contribution in [0.5, 0.6) is 0 Å². The molecule has 0 spiro atoms. The highest BCUT2D eigenvalue weighted by molar-refractivity contribution is 5.91. The van der Waals surface area contributed by atoms with Crippen LogP contribution in [0.1, 0.15) is 10.5 Å². The van der Waals surface area contributed by atoms with E-state index in [0.717, 1.165) is 0 Å². The van der Waals surface area contributed by atoms with E-state index in [4.69, 9.17) is 5.73 Å². The van der Waals surface area contributed by atoms with Crippen molar-refractivity contribution in [1.29, 1.82) is 0 Å². The molecule has 2 rings (SSSR count). The molecule has 0 radical (unpaired) electrons. The molecule has 6 nitrogen and oxygen atoms in total. The average Bonchev–Trinajstić information content (AvgIpc) is 2.30. The fourth-order valence-electron chi connectivity index (χ4n) is 1.05. The molecule has 1 amide bonds. The lowest BCUT2D eigenvalue weighted by molar-refractivity contribution is 0.0995. The minimum atomic E-state index is -0.588. The minimum Gasteiger partial charge on any atom is -0.364 e. The lowest BCUT2D eigenvalue weighted by atomic mass is 10.3. The highest BCUT2D eigenvalue weighted by Gasteiger charge is 2.06. The predicted molar refractivity (Wildman–Crippen MR) is 51.6 cm³/mol. The number of aromatic nitrogens is 4. The molecule has 0 bridgehead atoms. The largest absolute Gasteiger partial charge is 0.364 e. The Hall–Kier alpha value is -2.37. The SMILES string of the molecule is NC(=O)c1ccnc(-c2cncnc2)n1. The fraction of sp³-hybridized carbons (Fsp3) is 0. The first-order valence-corrected chi connectivity index (χ1v) is 4.15. The van der Waals surface area contributed by atoms with Gasteiger partial charge >= 0.3 is 0 Å². The summed E-state index contributed by atoms with van der Waals surface area (Å²) in [6.45, 7) is 0. The van der Waals surface area contributed by atoms with Crippen molar-refractivity contribution >= 4 is 5.91 Å². The van der Waals surface area contributed by atoms with Crippen LogP contribution in [-0.4, -0.2) is 25.8 Å². The first-order chi connectivity index (χ1) is 7.27. The molecule has 6 heteroatoms. The smallest absolute Gasteiger partial charge is 0.267 e. The Morgan fingerprint density at radius 1 is 1.27 bits per heavy atom. The standard InChI is InChI=1S/C9H7N5O/c10-8(15)7-1-2-13-9(14-7)6-3-11-5-12-4-6/h1-5H,(H2,10,15). The first-order valence-electron chi connectivity index (χ1n) is 4.15. The summed E-state index contributed by atoms with van der Waals surface area (Å²) >= 11 is 0. The van der Waals surface area contributed by atoms with Gasteiger partial charge in [-0.15, -0.1) is 0 Å². The summed E-state index contributed by atoms with van der Waals surface area (Å²) in [5.41, 5.74) is 5.91. The molecule has 0 aliphatic rings. The zero-order chi connectivity index (χ0) is 10.7. The number of primary amides is 1. The van der Waals surface area contributed by atoms with Gasteiger partial charge in [0.2, 0.25) is 0 Å². The van der Waals surface area contributed by atoms with E-state index in [1.807, 2.05) is 0 Å². The number of hydrogen-bond donors (Lipinski definition) is 1. The van der Waals surface area contributed by atoms with Crippen molar-refractivity contribution in [3.8, 4) is 11.4 Å². The third kappa shape index (κ3) is 1.93. The van der Waals surface area contributed by atoms with E-state index in [1.54, 1.807) is 12.4 Å². The lowest BCUT2D eigenvalue weighted by Crippen LogP contribution is -2.13. The monoisotopic (exact) mass is 201 g/mol. The van der Waals surface area contributed by atoms with Crippen LogP contribution in [0.3, 0.4) is 0 Å². The van der Waals surface area contributed by atoms with Gasteiger partial charge in [0.05, 0.1) is 5.56 Å². The molecule has 74 valence electrons. The van der Waals surface area contributed by atoms with E-state index < -0.39 is 5.91 Å². The third-order valence-electron chi connectivity index (χ3n) is 1.73. The van der Waals surface area contributed by atoms with Gasteiger partial charge in [0.25, 0.3) is 5.91 Å². The molecule has 2 aromatic heterocycles. The van der Waals surface area contributed by atoms with Crippen molar-refractivity contribution in [1.82, 2.24) is 19.9 Å². The van der Waals surface area contributed by atoms with Crippen molar-refractivity contribution in [2.24, 2.45) is 5.73 Å². The van der Waals surface area contributed by atoms with Gasteiger partial charge in [-0.05, 0) is 6.07 Å². The van der Waals surface area contributed by atoms with E-state index in [9.17, 15) is 4.79 Å². The molecular weight excluding hydrogens is 194 g/mol. The number of rotatable bonds is 2. The van der Waals surface area contributed by atoms with Crippen molar-refractivity contribution in [2.45, 2.75) is 0 Å². The third-order valence-corrected chi connectivity index (χ3v) is 1.73. The number of nitrogens with two attached hydrogens (primary N) is 1. The molecule has 0 saturated heterocycles. The van der Waals surface area contributed by atoms with Gasteiger partial charge in [-0.1, -0.05) is 0 Å². The molecule has 0 fully saturated rings. The van der Waals surface area contributed by atoms with Gasteiger partial charge in [-0.2, -0.15) is 0 Å². The Morgan fingerprint density at radius 2 is 2.00 bits per heavy atom. The zero-order valence-corrected chi connectivity index (χ0v) is 7.66. The number of hydrogen-bond acceptors (Lipinski definition) is 5. The summed E-state index contributed by atoms with van der Waals surface area (Å²) in [5, 5.41) is 0. The molecule has 0 aliphatic carbocycles. The molecule has 0 saturated carbocycles. The van der Waals surface area contributed by atoms with Crippen LogP contribution < -0.4 is 5.73 Å². The van der Waals surface area contributed by atoms with Crippen LogP contribution in [0.25, 0.3) is 11.4 Å². The van der Waals surface area contributed by atoms with Gasteiger partial charge < -0.3 is 5.73 Å². The molecular formula is C9H7N5O. The Morgan fingerprint density at radius 3 is 2.67 bits per heavy atom. The van der Waals surface area contributed by atoms with E-state index >= 15 is 0 Å². The molecule has 2 heterocycles. The van der Waals surface area contributed by atoms with Crippen molar-refractivity contribution < 1.29 is 4.79 Å². The van der Waals surface area contributed by atoms with Crippen molar-refractivity contribution in [2.75, 3.05) is 0 Å². The van der Waals surface area contributed by atoms with Crippen LogP contribution >= 0.6 is 0 Å². The molecule has 0 aromatic carbocycles. The summed E-state index contributed by atoms with van der Waals surface area (Å²) in [6, 6.07) is 1.45. The minimum absolute atomic E-state index is 0.170. The van der Waals surface area contributed by atoms with Crippen LogP contribution in [0.15, 0.2) is 31.0 Å². The fourth-order valence-corrected chi connectivity index (χ4v) is 1.05. The number of amides is 1. The summed E-state index contributed by atoms with van der Waals surface area (Å²) in [7, 11) is 0. The summed E-state index contributed by atoms with van der Waals surface area (Å²) in [5.74, 6) is -0.206. The van der Waals surface area contributed by atoms with E-state index in [0.29, 0.717) is 11.4 Å². The number of carbonyl (C=O) groups is 1. The topological polar surface area (TPSA) is 94.7 Å². The average molecular weight is 201 g/mol. The maximum absolute atomic E-state index is 10.9. The molecule has 0 atom stereocenters. The van der Waals surface area contributed by atoms with Gasteiger partial charge in [0.15, 0.2) is 5.82 Å². The van der Waals surface area contributed by atoms with E-state index in [2.05, 4.69) is 19.9 Å². The molecule has 15 heavy (non-hydrogen) atoms. The quantitative estimate of drug-likeness (QED) is 0.739. The van der Waals surface area contributed by atoms with Gasteiger partial charge in [-0.3, -0.25) is 4.79 Å². The summed E-state index contributed by atoms with van der Waals surface area (Å²) in [6.07, 6.45) is 6.00. The highest BCUT2D eigenvalue weighted by atomic mass is 16.1. The van der Waals surface area contributed by atoms with Crippen molar-refractivity contribution in [3.63, 3.8) is 0 Å². The first kappa shape index (κ1) is 9.20. The second-order valence-corrected chi connectivity index (χ2v) is 2.76. The summed E-state index contributed by atoms with van der Waals surface area (Å²) < 4.78 is 0. The van der Waals surface area contributed by atoms with E-state index in [1.165, 1.54) is 18.6 Å². The molecule has 0 aliphatic heterocycles. The Balaban J connectivity index is 2.46. The molecule has 2 N–H and O–H groups in total. The van der Waals surface area contributed by atoms with Crippen LogP contribution in [0, 0.1) is 0 Å². The Bertz CT molecular complexity index is 485. The maximum Gasteiger partial charge on any atom is 0.267 e. The maximum atomic E-state index is 10.9. The number of nitrogens with zero attached hydrogens (tertiary/aromatic N) is 4. The van der Waals surface area contributed by atoms with Gasteiger partial charge in [-0.25, -0.2) is 19.9 Å². The highest BCUT2D eigenvalue weighted by Crippen LogP contribution is 2.10. The van der Waals surface area contributed by atoms with Crippen LogP contribution in [0.4, 0.5) is 0 Å². The van der Waals surface area contributed by atoms with Crippen LogP contribution in [0.2, 0.25) is 0 Å². The van der Waals surface area contributed by atoms with E-state index in [-0.39, 0.29) is 5.69 Å². The second-order valence-electron chi connectivity index (χ2n) is 2.76. The van der Waals surface area contributed by atoms with Gasteiger partial charge in [0, 0.05) is 18.6 Å². The van der Waals surface area contributed by atoms with Gasteiger partial charge in [0.1, 0.15) is 12.0 Å².